The van der Waals surface area contributed by atoms with E-state index in [0.29, 0.717) is 17.9 Å². The molecule has 0 spiro atoms. The zero-order chi connectivity index (χ0) is 18.8. The molecule has 2 N–H and O–H groups in total. The predicted octanol–water partition coefficient (Wildman–Crippen LogP) is 3.50. The summed E-state index contributed by atoms with van der Waals surface area (Å²) in [5, 5.41) is 4.82. The normalized spacial score (nSPS) is 31.4. The quantitative estimate of drug-likeness (QED) is 0.841. The molecule has 4 aliphatic heterocycles. The van der Waals surface area contributed by atoms with Gasteiger partial charge in [-0.05, 0) is 49.5 Å². The van der Waals surface area contributed by atoms with Gasteiger partial charge in [0.05, 0.1) is 25.5 Å². The molecule has 4 atom stereocenters. The Bertz CT molecular complexity index is 1000. The average molecular weight is 377 g/mol. The minimum atomic E-state index is 0.281. The van der Waals surface area contributed by atoms with Crippen LogP contribution >= 0.6 is 0 Å². The van der Waals surface area contributed by atoms with Crippen LogP contribution in [0.3, 0.4) is 0 Å². The van der Waals surface area contributed by atoms with Gasteiger partial charge in [-0.25, -0.2) is 0 Å². The molecule has 1 saturated heterocycles. The van der Waals surface area contributed by atoms with Gasteiger partial charge in [0.15, 0.2) is 0 Å². The molecule has 0 aliphatic carbocycles. The Kier molecular flexibility index (Phi) is 3.57. The van der Waals surface area contributed by atoms with E-state index in [-0.39, 0.29) is 6.10 Å². The maximum Gasteiger partial charge on any atom is 0.120 e. The van der Waals surface area contributed by atoms with Gasteiger partial charge >= 0.3 is 0 Å². The molecule has 3 unspecified atom stereocenters. The molecule has 146 valence electrons. The highest BCUT2D eigenvalue weighted by molar-refractivity contribution is 5.86. The van der Waals surface area contributed by atoms with Crippen molar-refractivity contribution in [3.05, 3.63) is 53.1 Å². The van der Waals surface area contributed by atoms with E-state index in [1.807, 2.05) is 6.26 Å². The summed E-state index contributed by atoms with van der Waals surface area (Å²) in [6.07, 6.45) is 6.86. The number of allylic oxidation sites excluding steroid dienone is 1. The van der Waals surface area contributed by atoms with Crippen molar-refractivity contribution in [2.75, 3.05) is 26.7 Å². The number of hydrogen-bond acceptors (Lipinski definition) is 4. The van der Waals surface area contributed by atoms with Crippen LogP contribution in [0.15, 0.2) is 41.8 Å². The van der Waals surface area contributed by atoms with E-state index in [0.717, 1.165) is 38.2 Å². The molecule has 6 rings (SSSR count). The minimum Gasteiger partial charge on any atom is -0.498 e. The number of ether oxygens (including phenoxy) is 2. The lowest BCUT2D eigenvalue weighted by Gasteiger charge is -2.50. The standard InChI is InChI=1S/C23H27N3O2/c1-13-18-11-26-8-6-16-15-4-3-14(27-2)9-21(15)25-23(16)22(26)10-17(18)19(12-28-13)20-5-7-24-20/h3-5,9,12-13,17-18,22,24-25H,6-8,10-11H2,1-2H3/t13-,17?,18?,22?/m0/s1. The van der Waals surface area contributed by atoms with Crippen LogP contribution < -0.4 is 10.1 Å². The molecule has 0 radical (unpaired) electrons. The summed E-state index contributed by atoms with van der Waals surface area (Å²) < 4.78 is 11.5. The van der Waals surface area contributed by atoms with Crippen LogP contribution in [0.2, 0.25) is 0 Å². The highest BCUT2D eigenvalue weighted by atomic mass is 16.5. The molecular formula is C23H27N3O2. The maximum atomic E-state index is 6.05. The number of piperidine rings is 1. The number of aromatic amines is 1. The number of hydrogen-bond donors (Lipinski definition) is 2. The van der Waals surface area contributed by atoms with Crippen LogP contribution in [0.1, 0.15) is 30.6 Å². The second-order valence-corrected chi connectivity index (χ2v) is 8.61. The third-order valence-electron chi connectivity index (χ3n) is 7.33. The zero-order valence-electron chi connectivity index (χ0n) is 16.5. The molecular weight excluding hydrogens is 350 g/mol. The molecule has 0 saturated carbocycles. The van der Waals surface area contributed by atoms with E-state index in [4.69, 9.17) is 9.47 Å². The van der Waals surface area contributed by atoms with E-state index in [9.17, 15) is 0 Å². The van der Waals surface area contributed by atoms with Crippen molar-refractivity contribution >= 4 is 10.9 Å². The number of H-pyrrole nitrogens is 1. The molecule has 28 heavy (non-hydrogen) atoms. The Hall–Kier alpha value is -2.40. The van der Waals surface area contributed by atoms with Crippen molar-refractivity contribution in [3.63, 3.8) is 0 Å². The molecule has 1 aromatic heterocycles. The third kappa shape index (κ3) is 2.29. The first-order chi connectivity index (χ1) is 13.7. The smallest absolute Gasteiger partial charge is 0.120 e. The zero-order valence-corrected chi connectivity index (χ0v) is 16.5. The summed E-state index contributed by atoms with van der Waals surface area (Å²) in [6.45, 7) is 5.45. The topological polar surface area (TPSA) is 49.5 Å². The van der Waals surface area contributed by atoms with Crippen LogP contribution in [0, 0.1) is 11.8 Å². The van der Waals surface area contributed by atoms with Crippen LogP contribution in [-0.2, 0) is 11.2 Å². The monoisotopic (exact) mass is 377 g/mol. The van der Waals surface area contributed by atoms with Gasteiger partial charge in [0.25, 0.3) is 0 Å². The summed E-state index contributed by atoms with van der Waals surface area (Å²) in [5.74, 6) is 2.03. The lowest BCUT2D eigenvalue weighted by atomic mass is 9.71. The number of methoxy groups -OCH3 is 1. The van der Waals surface area contributed by atoms with Crippen molar-refractivity contribution in [2.24, 2.45) is 11.8 Å². The molecule has 1 aromatic carbocycles. The lowest BCUT2D eigenvalue weighted by Crippen LogP contribution is -2.51. The van der Waals surface area contributed by atoms with Crippen molar-refractivity contribution in [2.45, 2.75) is 31.9 Å². The van der Waals surface area contributed by atoms with Gasteiger partial charge < -0.3 is 19.8 Å². The highest BCUT2D eigenvalue weighted by Crippen LogP contribution is 2.49. The summed E-state index contributed by atoms with van der Waals surface area (Å²) >= 11 is 0. The van der Waals surface area contributed by atoms with E-state index in [1.165, 1.54) is 33.4 Å². The molecule has 0 bridgehead atoms. The second-order valence-electron chi connectivity index (χ2n) is 8.61. The molecule has 5 heterocycles. The largest absolute Gasteiger partial charge is 0.498 e. The summed E-state index contributed by atoms with van der Waals surface area (Å²) in [6, 6.07) is 6.89. The first-order valence-corrected chi connectivity index (χ1v) is 10.5. The van der Waals surface area contributed by atoms with Gasteiger partial charge in [-0.1, -0.05) is 0 Å². The number of fused-ring (bicyclic) bond motifs is 6. The van der Waals surface area contributed by atoms with Gasteiger partial charge in [0.2, 0.25) is 0 Å². The fourth-order valence-corrected chi connectivity index (χ4v) is 5.72. The molecule has 5 heteroatoms. The molecule has 2 aromatic rings. The summed E-state index contributed by atoms with van der Waals surface area (Å²) in [7, 11) is 1.73. The first kappa shape index (κ1) is 16.5. The van der Waals surface area contributed by atoms with Gasteiger partial charge in [-0.15, -0.1) is 0 Å². The van der Waals surface area contributed by atoms with Crippen molar-refractivity contribution in [3.8, 4) is 5.75 Å². The Morgan fingerprint density at radius 2 is 2.18 bits per heavy atom. The third-order valence-corrected chi connectivity index (χ3v) is 7.33. The number of nitrogens with one attached hydrogen (secondary N) is 2. The van der Waals surface area contributed by atoms with Crippen molar-refractivity contribution < 1.29 is 9.47 Å². The number of rotatable bonds is 2. The summed E-state index contributed by atoms with van der Waals surface area (Å²) in [4.78, 5) is 6.45. The molecule has 4 aliphatic rings. The molecule has 0 amide bonds. The second kappa shape index (κ2) is 6.05. The van der Waals surface area contributed by atoms with Crippen LogP contribution in [0.4, 0.5) is 0 Å². The van der Waals surface area contributed by atoms with Crippen LogP contribution in [0.25, 0.3) is 10.9 Å². The summed E-state index contributed by atoms with van der Waals surface area (Å²) in [5.41, 5.74) is 6.78. The van der Waals surface area contributed by atoms with E-state index < -0.39 is 0 Å². The SMILES string of the molecule is COc1ccc2c3c([nH]c2c1)C1CC2C(C4=CCN4)=CO[C@@H](C)C2CN1CC3. The van der Waals surface area contributed by atoms with Crippen LogP contribution in [0.5, 0.6) is 5.75 Å². The van der Waals surface area contributed by atoms with E-state index in [1.54, 1.807) is 7.11 Å². The van der Waals surface area contributed by atoms with Gasteiger partial charge in [-0.2, -0.15) is 0 Å². The fraction of sp³-hybridized carbons (Fsp3) is 0.478. The lowest BCUT2D eigenvalue weighted by molar-refractivity contribution is -0.0223. The minimum absolute atomic E-state index is 0.281. The maximum absolute atomic E-state index is 6.05. The average Bonchev–Trinajstić information content (AvgIpc) is 3.05. The predicted molar refractivity (Wildman–Crippen MR) is 109 cm³/mol. The van der Waals surface area contributed by atoms with Crippen molar-refractivity contribution in [1.29, 1.82) is 0 Å². The van der Waals surface area contributed by atoms with Crippen molar-refractivity contribution in [1.82, 2.24) is 15.2 Å². The number of aromatic nitrogens is 1. The van der Waals surface area contributed by atoms with E-state index in [2.05, 4.69) is 46.4 Å². The molecule has 1 fully saturated rings. The van der Waals surface area contributed by atoms with Gasteiger partial charge in [0.1, 0.15) is 5.75 Å². The Morgan fingerprint density at radius 1 is 1.29 bits per heavy atom. The number of benzene rings is 1. The Balaban J connectivity index is 1.40. The Morgan fingerprint density at radius 3 is 2.96 bits per heavy atom. The first-order valence-electron chi connectivity index (χ1n) is 10.5. The van der Waals surface area contributed by atoms with E-state index >= 15 is 0 Å². The fourth-order valence-electron chi connectivity index (χ4n) is 5.72. The van der Waals surface area contributed by atoms with Gasteiger partial charge in [-0.3, -0.25) is 4.90 Å². The Labute approximate surface area is 165 Å². The van der Waals surface area contributed by atoms with Crippen LogP contribution in [-0.4, -0.2) is 42.7 Å². The number of nitrogens with zero attached hydrogens (tertiary/aromatic N) is 1. The molecule has 5 nitrogen and oxygen atoms in total. The van der Waals surface area contributed by atoms with Gasteiger partial charge in [0, 0.05) is 59.5 Å². The highest BCUT2D eigenvalue weighted by Gasteiger charge is 2.46.